The van der Waals surface area contributed by atoms with Crippen LogP contribution in [0.3, 0.4) is 0 Å². The van der Waals surface area contributed by atoms with Crippen LogP contribution in [0.1, 0.15) is 24.0 Å². The number of nitrogens with one attached hydrogen (secondary N) is 1. The lowest BCUT2D eigenvalue weighted by molar-refractivity contribution is -0.131. The Kier molecular flexibility index (Phi) is 5.31. The Morgan fingerprint density at radius 2 is 1.81 bits per heavy atom. The van der Waals surface area contributed by atoms with Crippen LogP contribution < -0.4 is 5.32 Å². The number of anilines is 1. The van der Waals surface area contributed by atoms with E-state index in [2.05, 4.69) is 5.32 Å². The number of nitrogens with zero attached hydrogens (tertiary/aromatic N) is 1. The van der Waals surface area contributed by atoms with Crippen LogP contribution in [0.4, 0.5) is 10.5 Å². The van der Waals surface area contributed by atoms with Crippen molar-refractivity contribution in [3.8, 4) is 0 Å². The second-order valence-electron chi connectivity index (χ2n) is 6.16. The second kappa shape index (κ2) is 7.82. The van der Waals surface area contributed by atoms with E-state index in [1.54, 1.807) is 6.07 Å². The van der Waals surface area contributed by atoms with E-state index in [9.17, 15) is 14.4 Å². The predicted molar refractivity (Wildman–Crippen MR) is 96.3 cm³/mol. The standard InChI is InChI=1S/C20H20N2O4/c1-14-7-5-6-10-16(14)21-19(24)17-11-12-18(23)22(17)20(25)26-13-15-8-3-2-4-9-15/h2-10,17H,11-13H2,1H3,(H,21,24)/t17-/m0/s1. The topological polar surface area (TPSA) is 75.7 Å². The van der Waals surface area contributed by atoms with Crippen LogP contribution in [0.25, 0.3) is 0 Å². The molecule has 0 spiro atoms. The minimum absolute atomic E-state index is 0.0512. The van der Waals surface area contributed by atoms with Crippen molar-refractivity contribution in [2.75, 3.05) is 5.32 Å². The minimum atomic E-state index is -0.856. The average Bonchev–Trinajstić information content (AvgIpc) is 3.04. The van der Waals surface area contributed by atoms with E-state index in [1.165, 1.54) is 0 Å². The maximum atomic E-state index is 12.6. The molecular formula is C20H20N2O4. The lowest BCUT2D eigenvalue weighted by Crippen LogP contribution is -2.45. The van der Waals surface area contributed by atoms with Gasteiger partial charge in [0, 0.05) is 12.1 Å². The van der Waals surface area contributed by atoms with Gasteiger partial charge in [-0.3, -0.25) is 9.59 Å². The van der Waals surface area contributed by atoms with Crippen molar-refractivity contribution in [3.63, 3.8) is 0 Å². The quantitative estimate of drug-likeness (QED) is 0.916. The monoisotopic (exact) mass is 352 g/mol. The number of benzene rings is 2. The molecule has 0 aromatic heterocycles. The fraction of sp³-hybridized carbons (Fsp3) is 0.250. The maximum Gasteiger partial charge on any atom is 0.417 e. The predicted octanol–water partition coefficient (Wildman–Crippen LogP) is 3.26. The summed E-state index contributed by atoms with van der Waals surface area (Å²) in [5.41, 5.74) is 2.38. The molecule has 2 aromatic carbocycles. The molecule has 1 saturated heterocycles. The number of likely N-dealkylation sites (tertiary alicyclic amines) is 1. The van der Waals surface area contributed by atoms with E-state index in [1.807, 2.05) is 55.5 Å². The highest BCUT2D eigenvalue weighted by Crippen LogP contribution is 2.23. The Labute approximate surface area is 151 Å². The molecule has 0 saturated carbocycles. The summed E-state index contributed by atoms with van der Waals surface area (Å²) in [6.07, 6.45) is -0.357. The molecular weight excluding hydrogens is 332 g/mol. The van der Waals surface area contributed by atoms with Gasteiger partial charge in [-0.1, -0.05) is 48.5 Å². The fourth-order valence-electron chi connectivity index (χ4n) is 2.88. The normalized spacial score (nSPS) is 16.4. The van der Waals surface area contributed by atoms with E-state index >= 15 is 0 Å². The molecule has 1 heterocycles. The molecule has 6 nitrogen and oxygen atoms in total. The Morgan fingerprint density at radius 3 is 2.54 bits per heavy atom. The zero-order chi connectivity index (χ0) is 18.5. The van der Waals surface area contributed by atoms with E-state index in [0.29, 0.717) is 5.69 Å². The first-order chi connectivity index (χ1) is 12.6. The van der Waals surface area contributed by atoms with Crippen molar-refractivity contribution in [2.24, 2.45) is 0 Å². The van der Waals surface area contributed by atoms with Crippen LogP contribution in [0, 0.1) is 6.92 Å². The Morgan fingerprint density at radius 1 is 1.12 bits per heavy atom. The number of ether oxygens (including phenoxy) is 1. The van der Waals surface area contributed by atoms with Crippen molar-refractivity contribution in [2.45, 2.75) is 32.4 Å². The third-order valence-electron chi connectivity index (χ3n) is 4.32. The van der Waals surface area contributed by atoms with E-state index in [4.69, 9.17) is 4.74 Å². The third-order valence-corrected chi connectivity index (χ3v) is 4.32. The van der Waals surface area contributed by atoms with Crippen LogP contribution in [0.5, 0.6) is 0 Å². The summed E-state index contributed by atoms with van der Waals surface area (Å²) in [6, 6.07) is 15.7. The number of carbonyl (C=O) groups excluding carboxylic acids is 3. The number of rotatable bonds is 4. The summed E-state index contributed by atoms with van der Waals surface area (Å²) < 4.78 is 5.22. The number of aryl methyl sites for hydroxylation is 1. The number of hydrogen-bond donors (Lipinski definition) is 1. The van der Waals surface area contributed by atoms with Gasteiger partial charge in [0.1, 0.15) is 12.6 Å². The number of imide groups is 1. The van der Waals surface area contributed by atoms with Gasteiger partial charge in [0.2, 0.25) is 11.8 Å². The lowest BCUT2D eigenvalue weighted by Gasteiger charge is -2.22. The SMILES string of the molecule is Cc1ccccc1NC(=O)[C@@H]1CCC(=O)N1C(=O)OCc1ccccc1. The first-order valence-electron chi connectivity index (χ1n) is 8.45. The zero-order valence-corrected chi connectivity index (χ0v) is 14.5. The zero-order valence-electron chi connectivity index (χ0n) is 14.5. The number of para-hydroxylation sites is 1. The largest absolute Gasteiger partial charge is 0.444 e. The van der Waals surface area contributed by atoms with Crippen LogP contribution >= 0.6 is 0 Å². The highest BCUT2D eigenvalue weighted by Gasteiger charge is 2.41. The fourth-order valence-corrected chi connectivity index (χ4v) is 2.88. The molecule has 1 aliphatic rings. The van der Waals surface area contributed by atoms with Gasteiger partial charge in [-0.25, -0.2) is 9.69 Å². The van der Waals surface area contributed by atoms with Crippen molar-refractivity contribution in [3.05, 3.63) is 65.7 Å². The van der Waals surface area contributed by atoms with Gasteiger partial charge in [0.15, 0.2) is 0 Å². The molecule has 6 heteroatoms. The molecule has 2 aromatic rings. The van der Waals surface area contributed by atoms with Crippen LogP contribution in [0.15, 0.2) is 54.6 Å². The van der Waals surface area contributed by atoms with E-state index in [0.717, 1.165) is 16.0 Å². The molecule has 0 radical (unpaired) electrons. The summed E-state index contributed by atoms with van der Waals surface area (Å²) in [4.78, 5) is 38.0. The summed E-state index contributed by atoms with van der Waals surface area (Å²) in [5, 5.41) is 2.79. The van der Waals surface area contributed by atoms with Crippen LogP contribution in [0.2, 0.25) is 0 Å². The van der Waals surface area contributed by atoms with Gasteiger partial charge in [-0.2, -0.15) is 0 Å². The molecule has 1 atom stereocenters. The molecule has 1 aliphatic heterocycles. The Balaban J connectivity index is 1.67. The van der Waals surface area contributed by atoms with Crippen molar-refractivity contribution in [1.29, 1.82) is 0 Å². The second-order valence-corrected chi connectivity index (χ2v) is 6.16. The number of hydrogen-bond acceptors (Lipinski definition) is 4. The van der Waals surface area contributed by atoms with E-state index in [-0.39, 0.29) is 25.4 Å². The highest BCUT2D eigenvalue weighted by atomic mass is 16.6. The molecule has 0 bridgehead atoms. The van der Waals surface area contributed by atoms with Crippen LogP contribution in [-0.4, -0.2) is 28.8 Å². The van der Waals surface area contributed by atoms with Gasteiger partial charge in [-0.05, 0) is 30.5 Å². The first-order valence-corrected chi connectivity index (χ1v) is 8.45. The lowest BCUT2D eigenvalue weighted by atomic mass is 10.1. The maximum absolute atomic E-state index is 12.6. The minimum Gasteiger partial charge on any atom is -0.444 e. The van der Waals surface area contributed by atoms with Crippen LogP contribution in [-0.2, 0) is 20.9 Å². The third kappa shape index (κ3) is 3.91. The molecule has 3 rings (SSSR count). The summed E-state index contributed by atoms with van der Waals surface area (Å²) in [6.45, 7) is 1.93. The average molecular weight is 352 g/mol. The van der Waals surface area contributed by atoms with Gasteiger partial charge >= 0.3 is 6.09 Å². The van der Waals surface area contributed by atoms with Gasteiger partial charge in [0.25, 0.3) is 0 Å². The van der Waals surface area contributed by atoms with Crippen molar-refractivity contribution in [1.82, 2.24) is 4.90 Å². The highest BCUT2D eigenvalue weighted by molar-refractivity contribution is 6.04. The summed E-state index contributed by atoms with van der Waals surface area (Å²) in [7, 11) is 0. The molecule has 3 amide bonds. The smallest absolute Gasteiger partial charge is 0.417 e. The van der Waals surface area contributed by atoms with Crippen molar-refractivity contribution >= 4 is 23.6 Å². The Hall–Kier alpha value is -3.15. The van der Waals surface area contributed by atoms with Crippen molar-refractivity contribution < 1.29 is 19.1 Å². The molecule has 0 aliphatic carbocycles. The van der Waals surface area contributed by atoms with Gasteiger partial charge < -0.3 is 10.1 Å². The molecule has 0 unspecified atom stereocenters. The van der Waals surface area contributed by atoms with Gasteiger partial charge in [-0.15, -0.1) is 0 Å². The number of amides is 3. The number of carbonyl (C=O) groups is 3. The van der Waals surface area contributed by atoms with E-state index < -0.39 is 18.0 Å². The summed E-state index contributed by atoms with van der Waals surface area (Å²) in [5.74, 6) is -0.783. The Bertz CT molecular complexity index is 820. The molecule has 134 valence electrons. The molecule has 1 N–H and O–H groups in total. The summed E-state index contributed by atoms with van der Waals surface area (Å²) >= 11 is 0. The molecule has 26 heavy (non-hydrogen) atoms. The molecule has 1 fully saturated rings. The first kappa shape index (κ1) is 17.7. The van der Waals surface area contributed by atoms with Gasteiger partial charge in [0.05, 0.1) is 0 Å².